The molecule has 2 aromatic heterocycles. The van der Waals surface area contributed by atoms with Crippen LogP contribution < -0.4 is 10.6 Å². The number of fused-ring (bicyclic) bond motifs is 2. The molecule has 0 saturated carbocycles. The van der Waals surface area contributed by atoms with Gasteiger partial charge in [-0.2, -0.15) is 0 Å². The fraction of sp³-hybridized carbons (Fsp3) is 0.238. The van der Waals surface area contributed by atoms with Crippen molar-refractivity contribution in [1.29, 1.82) is 0 Å². The Labute approximate surface area is 162 Å². The number of hydrogen-bond acceptors (Lipinski definition) is 4. The summed E-state index contributed by atoms with van der Waals surface area (Å²) in [7, 11) is 0. The molecule has 0 bridgehead atoms. The molecular weight excluding hydrogens is 358 g/mol. The number of nitrogens with zero attached hydrogens (tertiary/aromatic N) is 2. The zero-order chi connectivity index (χ0) is 18.2. The van der Waals surface area contributed by atoms with Crippen molar-refractivity contribution in [3.05, 3.63) is 53.6 Å². The number of imidazole rings is 1. The van der Waals surface area contributed by atoms with Crippen molar-refractivity contribution in [3.8, 4) is 11.5 Å². The van der Waals surface area contributed by atoms with E-state index in [2.05, 4.69) is 21.7 Å². The average Bonchev–Trinajstić information content (AvgIpc) is 3.13. The molecule has 0 unspecified atom stereocenters. The largest absolute Gasteiger partial charge is 0.382 e. The topological polar surface area (TPSA) is 65.6 Å². The summed E-state index contributed by atoms with van der Waals surface area (Å²) in [4.78, 5) is 12.9. The number of para-hydroxylation sites is 2. The monoisotopic (exact) mass is 377 g/mol. The Balaban J connectivity index is 1.63. The van der Waals surface area contributed by atoms with Crippen LogP contribution in [0.2, 0.25) is 5.02 Å². The van der Waals surface area contributed by atoms with Gasteiger partial charge in [0.15, 0.2) is 5.82 Å². The summed E-state index contributed by atoms with van der Waals surface area (Å²) in [6.07, 6.45) is 2.20. The van der Waals surface area contributed by atoms with Crippen LogP contribution in [0.25, 0.3) is 33.5 Å². The van der Waals surface area contributed by atoms with Crippen molar-refractivity contribution in [1.82, 2.24) is 20.3 Å². The first-order valence-corrected chi connectivity index (χ1v) is 9.67. The fourth-order valence-corrected chi connectivity index (χ4v) is 3.87. The summed E-state index contributed by atoms with van der Waals surface area (Å²) in [5.74, 6) is 0.779. The highest BCUT2D eigenvalue weighted by Crippen LogP contribution is 2.31. The van der Waals surface area contributed by atoms with Crippen LogP contribution in [-0.2, 0) is 0 Å². The predicted octanol–water partition coefficient (Wildman–Crippen LogP) is 4.60. The zero-order valence-corrected chi connectivity index (χ0v) is 15.6. The Morgan fingerprint density at radius 3 is 2.67 bits per heavy atom. The molecule has 0 radical (unpaired) electrons. The first-order valence-electron chi connectivity index (χ1n) is 9.29. The van der Waals surface area contributed by atoms with E-state index < -0.39 is 0 Å². The maximum atomic E-state index is 6.26. The van der Waals surface area contributed by atoms with Gasteiger partial charge in [-0.05, 0) is 62.3 Å². The van der Waals surface area contributed by atoms with Gasteiger partial charge in [-0.1, -0.05) is 23.7 Å². The molecule has 3 heterocycles. The second kappa shape index (κ2) is 6.83. The molecule has 2 aromatic carbocycles. The number of aromatic amines is 1. The Hall–Kier alpha value is -2.63. The van der Waals surface area contributed by atoms with Gasteiger partial charge in [0.25, 0.3) is 0 Å². The number of anilines is 1. The van der Waals surface area contributed by atoms with Crippen LogP contribution in [0.15, 0.2) is 48.5 Å². The number of pyridine rings is 1. The van der Waals surface area contributed by atoms with Crippen molar-refractivity contribution in [2.45, 2.75) is 18.9 Å². The molecule has 0 amide bonds. The number of aromatic nitrogens is 3. The number of piperidine rings is 1. The van der Waals surface area contributed by atoms with Crippen LogP contribution in [0.3, 0.4) is 0 Å². The van der Waals surface area contributed by atoms with E-state index in [1.807, 2.05) is 42.5 Å². The first kappa shape index (κ1) is 16.5. The summed E-state index contributed by atoms with van der Waals surface area (Å²) < 4.78 is 0. The molecule has 0 atom stereocenters. The molecule has 6 heteroatoms. The van der Waals surface area contributed by atoms with Gasteiger partial charge in [-0.3, -0.25) is 0 Å². The number of rotatable bonds is 3. The molecule has 1 fully saturated rings. The minimum atomic E-state index is 0.444. The minimum Gasteiger partial charge on any atom is -0.382 e. The molecule has 1 aliphatic rings. The molecule has 5 rings (SSSR count). The molecule has 27 heavy (non-hydrogen) atoms. The number of benzene rings is 2. The average molecular weight is 378 g/mol. The molecule has 1 aliphatic heterocycles. The third kappa shape index (κ3) is 3.24. The van der Waals surface area contributed by atoms with E-state index in [-0.39, 0.29) is 0 Å². The molecular formula is C21H20ClN5. The van der Waals surface area contributed by atoms with Gasteiger partial charge in [0, 0.05) is 22.1 Å². The Kier molecular flexibility index (Phi) is 4.19. The van der Waals surface area contributed by atoms with Gasteiger partial charge in [0.05, 0.1) is 16.6 Å². The predicted molar refractivity (Wildman–Crippen MR) is 111 cm³/mol. The van der Waals surface area contributed by atoms with Crippen LogP contribution in [0.4, 0.5) is 5.69 Å². The highest BCUT2D eigenvalue weighted by molar-refractivity contribution is 6.31. The Bertz CT molecular complexity index is 1080. The van der Waals surface area contributed by atoms with E-state index >= 15 is 0 Å². The normalized spacial score (nSPS) is 15.4. The van der Waals surface area contributed by atoms with E-state index in [4.69, 9.17) is 21.6 Å². The molecule has 0 spiro atoms. The highest BCUT2D eigenvalue weighted by Gasteiger charge is 2.16. The van der Waals surface area contributed by atoms with Crippen molar-refractivity contribution >= 4 is 39.2 Å². The maximum absolute atomic E-state index is 6.26. The number of hydrogen-bond donors (Lipinski definition) is 3. The van der Waals surface area contributed by atoms with Crippen LogP contribution in [0.5, 0.6) is 0 Å². The van der Waals surface area contributed by atoms with Gasteiger partial charge >= 0.3 is 0 Å². The minimum absolute atomic E-state index is 0.444. The Morgan fingerprint density at radius 2 is 1.81 bits per heavy atom. The van der Waals surface area contributed by atoms with Gasteiger partial charge in [-0.15, -0.1) is 0 Å². The second-order valence-corrected chi connectivity index (χ2v) is 7.42. The molecule has 3 N–H and O–H groups in total. The lowest BCUT2D eigenvalue weighted by atomic mass is 10.1. The molecule has 4 aromatic rings. The summed E-state index contributed by atoms with van der Waals surface area (Å²) >= 11 is 6.26. The fourth-order valence-electron chi connectivity index (χ4n) is 3.70. The molecule has 0 aliphatic carbocycles. The highest BCUT2D eigenvalue weighted by atomic mass is 35.5. The third-order valence-electron chi connectivity index (χ3n) is 5.10. The van der Waals surface area contributed by atoms with Crippen molar-refractivity contribution in [2.75, 3.05) is 18.4 Å². The lowest BCUT2D eigenvalue weighted by Gasteiger charge is -2.25. The quantitative estimate of drug-likeness (QED) is 0.488. The van der Waals surface area contributed by atoms with E-state index in [0.717, 1.165) is 65.1 Å². The molecule has 5 nitrogen and oxygen atoms in total. The van der Waals surface area contributed by atoms with Gasteiger partial charge in [0.2, 0.25) is 0 Å². The van der Waals surface area contributed by atoms with E-state index in [0.29, 0.717) is 11.1 Å². The second-order valence-electron chi connectivity index (χ2n) is 6.99. The summed E-state index contributed by atoms with van der Waals surface area (Å²) in [6.45, 7) is 2.08. The number of H-pyrrole nitrogens is 1. The van der Waals surface area contributed by atoms with E-state index in [9.17, 15) is 0 Å². The maximum Gasteiger partial charge on any atom is 0.157 e. The van der Waals surface area contributed by atoms with Crippen molar-refractivity contribution < 1.29 is 0 Å². The molecule has 136 valence electrons. The standard InChI is InChI=1S/C21H20ClN5/c22-13-5-6-16-15(11-13)19(24-14-7-9-23-10-8-14)12-20(25-16)21-26-17-3-1-2-4-18(17)27-21/h1-6,11-12,14,23H,7-10H2,(H,24,25)(H,26,27). The first-order chi connectivity index (χ1) is 13.3. The van der Waals surface area contributed by atoms with Crippen LogP contribution in [0, 0.1) is 0 Å². The van der Waals surface area contributed by atoms with Gasteiger partial charge in [-0.25, -0.2) is 9.97 Å². The number of nitrogens with one attached hydrogen (secondary N) is 3. The van der Waals surface area contributed by atoms with Crippen LogP contribution in [-0.4, -0.2) is 34.1 Å². The SMILES string of the molecule is Clc1ccc2nc(-c3nc4ccccc4[nH]3)cc(NC3CCNCC3)c2c1. The van der Waals surface area contributed by atoms with E-state index in [1.54, 1.807) is 0 Å². The van der Waals surface area contributed by atoms with Crippen molar-refractivity contribution in [2.24, 2.45) is 0 Å². The molecule has 1 saturated heterocycles. The van der Waals surface area contributed by atoms with Crippen LogP contribution in [0.1, 0.15) is 12.8 Å². The summed E-state index contributed by atoms with van der Waals surface area (Å²) in [5, 5.41) is 8.88. The summed E-state index contributed by atoms with van der Waals surface area (Å²) in [5.41, 5.74) is 4.76. The van der Waals surface area contributed by atoms with E-state index in [1.165, 1.54) is 0 Å². The smallest absolute Gasteiger partial charge is 0.157 e. The third-order valence-corrected chi connectivity index (χ3v) is 5.34. The zero-order valence-electron chi connectivity index (χ0n) is 14.8. The van der Waals surface area contributed by atoms with Crippen molar-refractivity contribution in [3.63, 3.8) is 0 Å². The summed E-state index contributed by atoms with van der Waals surface area (Å²) in [6, 6.07) is 16.4. The van der Waals surface area contributed by atoms with Gasteiger partial charge in [0.1, 0.15) is 5.69 Å². The van der Waals surface area contributed by atoms with Crippen LogP contribution >= 0.6 is 11.6 Å². The number of halogens is 1. The Morgan fingerprint density at radius 1 is 0.963 bits per heavy atom. The lowest BCUT2D eigenvalue weighted by molar-refractivity contribution is 0.479. The lowest BCUT2D eigenvalue weighted by Crippen LogP contribution is -2.35. The van der Waals surface area contributed by atoms with Gasteiger partial charge < -0.3 is 15.6 Å².